The Labute approximate surface area is 851 Å². The summed E-state index contributed by atoms with van der Waals surface area (Å²) < 4.78 is 139. The molecule has 770 valence electrons. The van der Waals surface area contributed by atoms with E-state index < -0.39 is 33.5 Å². The summed E-state index contributed by atoms with van der Waals surface area (Å²) in [5.41, 5.74) is 14.7. The monoisotopic (exact) mass is 2090 g/mol. The van der Waals surface area contributed by atoms with Crippen LogP contribution in [0.2, 0.25) is 20.1 Å². The molecule has 10 aromatic rings. The van der Waals surface area contributed by atoms with Crippen molar-refractivity contribution in [2.45, 2.75) is 198 Å². The first kappa shape index (κ1) is 104. The SMILES string of the molecule is CCN1CCc2[nH]nc(C(=O)N3CCC(c4cccc(F)c4Cl)CC3)c2C1.CCN1CCc2[nH]nc(C(=O)N3CCC(c4cccc(F)c4Cl)CC3)c2C1.CS(=O)(=O)N1CCc2[nH]nc(C(=O)N3CCC(c4ccc(F)cc4C(F)(F)F)CC3)c2C1.O=C(c1n[nH]c2c1CN(C1COC1)CC2)N1CCC(c2cccc(F)c2Cl)CC1.O=C(c1n[nH]c2c1CN(CC1CC1)CC2)N1CCC(c2cccc(F)c2Cl)CC1. The number of piperidine rings is 5. The number of carbonyl (C=O) groups excluding carboxylic acids is 5. The Morgan fingerprint density at radius 3 is 0.965 bits per heavy atom. The molecule has 16 heterocycles. The van der Waals surface area contributed by atoms with Crippen LogP contribution in [0.25, 0.3) is 0 Å². The van der Waals surface area contributed by atoms with Gasteiger partial charge in [-0.25, -0.2) is 30.4 Å². The van der Waals surface area contributed by atoms with Gasteiger partial charge in [-0.1, -0.05) is 115 Å². The molecule has 0 atom stereocenters. The minimum Gasteiger partial charge on any atom is -0.378 e. The number of aromatic amines is 5. The zero-order valence-electron chi connectivity index (χ0n) is 80.8. The predicted molar refractivity (Wildman–Crippen MR) is 528 cm³/mol. The van der Waals surface area contributed by atoms with Gasteiger partial charge in [0.15, 0.2) is 28.5 Å². The molecule has 1 saturated carbocycles. The third-order valence-electron chi connectivity index (χ3n) is 31.0. The van der Waals surface area contributed by atoms with Gasteiger partial charge in [-0.2, -0.15) is 43.0 Å². The molecular formula is C103H120Cl4F8N20O8S. The van der Waals surface area contributed by atoms with Gasteiger partial charge in [-0.15, -0.1) is 0 Å². The lowest BCUT2D eigenvalue weighted by Gasteiger charge is -2.39. The molecule has 5 aromatic carbocycles. The number of nitrogens with one attached hydrogen (secondary N) is 5. The van der Waals surface area contributed by atoms with E-state index in [1.54, 1.807) is 24.3 Å². The van der Waals surface area contributed by atoms with Crippen molar-refractivity contribution in [3.63, 3.8) is 0 Å². The molecule has 5 N–H and O–H groups in total. The second-order valence-electron chi connectivity index (χ2n) is 39.7. The molecule has 22 rings (SSSR count). The maximum absolute atomic E-state index is 13.8. The van der Waals surface area contributed by atoms with Crippen molar-refractivity contribution in [2.75, 3.05) is 137 Å². The molecule has 12 aliphatic rings. The maximum atomic E-state index is 13.8. The number of likely N-dealkylation sites (N-methyl/N-ethyl adjacent to an activating group) is 2. The van der Waals surface area contributed by atoms with Gasteiger partial charge in [0.1, 0.15) is 29.1 Å². The summed E-state index contributed by atoms with van der Waals surface area (Å²) in [6.07, 6.45) is 9.98. The lowest BCUT2D eigenvalue weighted by molar-refractivity contribution is -0.138. The number of aromatic nitrogens is 10. The first-order valence-corrected chi connectivity index (χ1v) is 53.5. The van der Waals surface area contributed by atoms with E-state index in [2.05, 4.69) is 84.4 Å². The van der Waals surface area contributed by atoms with Gasteiger partial charge >= 0.3 is 6.18 Å². The average Bonchev–Trinajstić information content (AvgIpc) is 1.73. The van der Waals surface area contributed by atoms with Crippen molar-refractivity contribution in [3.05, 3.63) is 258 Å². The quantitative estimate of drug-likeness (QED) is 0.0561. The largest absolute Gasteiger partial charge is 0.416 e. The Hall–Kier alpha value is -10.2. The fraction of sp³-hybridized carbons (Fsp3) is 0.515. The van der Waals surface area contributed by atoms with E-state index in [4.69, 9.17) is 51.1 Å². The number of amides is 5. The summed E-state index contributed by atoms with van der Waals surface area (Å²) >= 11 is 24.6. The molecule has 0 radical (unpaired) electrons. The topological polar surface area (TPSA) is 305 Å². The number of alkyl halides is 3. The Morgan fingerprint density at radius 2 is 0.667 bits per heavy atom. The molecule has 0 spiro atoms. The highest BCUT2D eigenvalue weighted by atomic mass is 35.5. The Bertz CT molecular complexity index is 6290. The molecule has 0 bridgehead atoms. The number of ether oxygens (including phenoxy) is 1. The summed E-state index contributed by atoms with van der Waals surface area (Å²) in [6, 6.07) is 23.0. The fourth-order valence-corrected chi connectivity index (χ4v) is 24.0. The minimum absolute atomic E-state index is 0.00533. The summed E-state index contributed by atoms with van der Waals surface area (Å²) in [5, 5.41) is 37.5. The van der Waals surface area contributed by atoms with Crippen molar-refractivity contribution in [1.82, 2.24) is 99.4 Å². The highest BCUT2D eigenvalue weighted by molar-refractivity contribution is 7.88. The number of fused-ring (bicyclic) bond motifs is 5. The summed E-state index contributed by atoms with van der Waals surface area (Å²) in [6.45, 7) is 21.9. The molecule has 41 heteroatoms. The Balaban J connectivity index is 0.000000119. The van der Waals surface area contributed by atoms with Crippen LogP contribution >= 0.6 is 46.4 Å². The van der Waals surface area contributed by atoms with Gasteiger partial charge in [-0.3, -0.25) is 69.1 Å². The van der Waals surface area contributed by atoms with Crippen LogP contribution in [0, 0.1) is 35.0 Å². The van der Waals surface area contributed by atoms with Crippen LogP contribution in [0.4, 0.5) is 35.1 Å². The van der Waals surface area contributed by atoms with Gasteiger partial charge in [0.05, 0.1) is 51.2 Å². The molecule has 5 aromatic heterocycles. The van der Waals surface area contributed by atoms with Crippen LogP contribution < -0.4 is 0 Å². The lowest BCUT2D eigenvalue weighted by Crippen LogP contribution is -2.50. The molecule has 1 aliphatic carbocycles. The number of nitrogens with zero attached hydrogens (tertiary/aromatic N) is 15. The van der Waals surface area contributed by atoms with Crippen molar-refractivity contribution < 1.29 is 72.3 Å². The number of hydrogen-bond acceptors (Lipinski definition) is 17. The third-order valence-corrected chi connectivity index (χ3v) is 33.8. The fourth-order valence-electron chi connectivity index (χ4n) is 22.1. The van der Waals surface area contributed by atoms with Crippen LogP contribution in [-0.2, 0) is 85.8 Å². The van der Waals surface area contributed by atoms with Crippen LogP contribution in [0.1, 0.15) is 263 Å². The van der Waals surface area contributed by atoms with E-state index in [0.29, 0.717) is 124 Å². The molecule has 7 fully saturated rings. The van der Waals surface area contributed by atoms with Crippen molar-refractivity contribution in [3.8, 4) is 0 Å². The molecule has 5 amide bonds. The molecule has 11 aliphatic heterocycles. The summed E-state index contributed by atoms with van der Waals surface area (Å²) in [4.78, 5) is 84.0. The number of likely N-dealkylation sites (tertiary alicyclic amines) is 5. The van der Waals surface area contributed by atoms with E-state index >= 15 is 0 Å². The Kier molecular flexibility index (Phi) is 32.6. The van der Waals surface area contributed by atoms with Crippen LogP contribution in [0.5, 0.6) is 0 Å². The van der Waals surface area contributed by atoms with Crippen molar-refractivity contribution in [1.29, 1.82) is 0 Å². The van der Waals surface area contributed by atoms with Gasteiger partial charge in [0.2, 0.25) is 10.0 Å². The number of H-pyrrole nitrogens is 5. The number of carbonyl (C=O) groups is 5. The third kappa shape index (κ3) is 23.2. The second kappa shape index (κ2) is 45.3. The summed E-state index contributed by atoms with van der Waals surface area (Å²) in [5.74, 6) is -1.74. The van der Waals surface area contributed by atoms with E-state index in [9.17, 15) is 67.5 Å². The van der Waals surface area contributed by atoms with Gasteiger partial charge in [0.25, 0.3) is 29.5 Å². The standard InChI is InChI=1S/C22H26ClFN4O.C21H24ClFN4O2.2C20H24ClFN4O.C20H22F4N4O3S/c23-20-16(2-1-3-18(20)24)15-6-10-28(11-7-15)22(29)21-17-13-27(12-14-4-5-14)9-8-19(17)25-26-21;22-19-15(2-1-3-17(19)23)13-4-7-26(8-5-13)21(28)20-16-10-27(14-11-29-12-14)9-6-18(16)24-25-20;2*1-2-25-9-8-17-15(12-25)19(24-23-17)20(27)26-10-6-13(7-11-26)14-4-3-5-16(22)18(14)21;1-32(30,31)28-9-6-17-15(11-28)18(26-25-17)19(29)27-7-4-12(5-8-27)14-3-2-13(21)10-16(14)20(22,23)24/h1-3,14-15H,4-13H2,(H,25,26);1-3,13-14H,4-12H2,(H,24,25);2*3-5,13H,2,6-12H2,1H3,(H,23,24);2-3,10,12H,4-9,11H2,1H3,(H,25,26). The van der Waals surface area contributed by atoms with E-state index in [1.165, 1.54) is 52.4 Å². The average molecular weight is 2090 g/mol. The zero-order chi connectivity index (χ0) is 101. The molecule has 0 unspecified atom stereocenters. The van der Waals surface area contributed by atoms with Gasteiger partial charge in [-0.05, 0) is 190 Å². The molecule has 6 saturated heterocycles. The molecule has 144 heavy (non-hydrogen) atoms. The molecule has 28 nitrogen and oxygen atoms in total. The lowest BCUT2D eigenvalue weighted by atomic mass is 9.86. The van der Waals surface area contributed by atoms with Crippen LogP contribution in [0.3, 0.4) is 0 Å². The van der Waals surface area contributed by atoms with E-state index in [1.807, 2.05) is 43.9 Å². The number of hydrogen-bond donors (Lipinski definition) is 5. The number of sulfonamides is 1. The predicted octanol–water partition coefficient (Wildman–Crippen LogP) is 17.1. The van der Waals surface area contributed by atoms with Crippen LogP contribution in [0.15, 0.2) is 91.0 Å². The number of halogens is 12. The number of benzene rings is 5. The van der Waals surface area contributed by atoms with Gasteiger partial charge < -0.3 is 29.2 Å². The normalized spacial score (nSPS) is 19.5. The van der Waals surface area contributed by atoms with Crippen molar-refractivity contribution >= 4 is 86.0 Å². The van der Waals surface area contributed by atoms with Crippen molar-refractivity contribution in [2.24, 2.45) is 5.92 Å². The first-order chi connectivity index (χ1) is 69.3. The zero-order valence-corrected chi connectivity index (χ0v) is 84.7. The smallest absolute Gasteiger partial charge is 0.378 e. The summed E-state index contributed by atoms with van der Waals surface area (Å²) in [7, 11) is -3.42. The maximum Gasteiger partial charge on any atom is 0.416 e. The van der Waals surface area contributed by atoms with Gasteiger partial charge in [0, 0.05) is 226 Å². The highest BCUT2D eigenvalue weighted by Gasteiger charge is 2.43. The Morgan fingerprint density at radius 1 is 0.375 bits per heavy atom. The number of rotatable bonds is 16. The van der Waals surface area contributed by atoms with E-state index in [-0.39, 0.29) is 127 Å². The first-order valence-electron chi connectivity index (χ1n) is 50.2. The van der Waals surface area contributed by atoms with Crippen LogP contribution in [-0.4, -0.2) is 281 Å². The minimum atomic E-state index is -4.66. The van der Waals surface area contributed by atoms with E-state index in [0.717, 1.165) is 248 Å². The highest BCUT2D eigenvalue weighted by Crippen LogP contribution is 2.44. The molecular weight excluding hydrogens is 1970 g/mol. The second-order valence-corrected chi connectivity index (χ2v) is 43.2.